The lowest BCUT2D eigenvalue weighted by molar-refractivity contribution is -0.126. The number of amides is 4. The number of hydrogen-bond acceptors (Lipinski definition) is 10. The van der Waals surface area contributed by atoms with E-state index in [2.05, 4.69) is 60.3 Å². The number of isocyanates is 1. The van der Waals surface area contributed by atoms with E-state index in [0.717, 1.165) is 51.9 Å². The number of aliphatic imine (C=N–C) groups is 1. The molecule has 2 atom stereocenters. The fourth-order valence-electron chi connectivity index (χ4n) is 6.82. The van der Waals surface area contributed by atoms with Crippen LogP contribution in [0.2, 0.25) is 0 Å². The standard InChI is InChI=1S/C23H28N4O3.C14H21N3O.C9H7NO2/c1-17(28)19-9-5-10-20(14-19)26-23(30)24-11-6-12-27-15-21(25-22(29)16-27)13-18-7-3-2-4-8-18;15-7-4-8-17-10-13(16-14(18)11-17)9-12-5-2-1-3-6-12;1-7(12)8-3-2-4-9(5-8)10-6-11/h2-5,7-10,14,21H,6,11-13,15-16H2,1H3,(H,25,29)(H2,24,26,30);1-3,5-6,13H,4,7-11,15H2,(H,16,18);2-5H,1H3/t21-;13-;/m00./s1. The highest BCUT2D eigenvalue weighted by molar-refractivity contribution is 5.97. The molecule has 4 aromatic rings. The number of piperazine rings is 2. The fraction of sp³-hybridized carbons (Fsp3) is 0.348. The molecule has 2 saturated heterocycles. The van der Waals surface area contributed by atoms with Gasteiger partial charge in [-0.05, 0) is 88.0 Å². The van der Waals surface area contributed by atoms with Gasteiger partial charge in [-0.2, -0.15) is 4.99 Å². The average Bonchev–Trinajstić information content (AvgIpc) is 3.23. The SMILES string of the molecule is CC(=O)c1cccc(N=C=O)c1.CC(=O)c1cccc(NC(=O)NCCCN2CC(=O)N[C@@H](Cc3ccccc3)C2)c1.NCCCN1CC(=O)N[C@@H](Cc2ccccc2)C1. The number of ketones is 2. The molecule has 2 aliphatic heterocycles. The molecule has 0 unspecified atom stereocenters. The van der Waals surface area contributed by atoms with Crippen LogP contribution in [0.5, 0.6) is 0 Å². The van der Waals surface area contributed by atoms with E-state index >= 15 is 0 Å². The van der Waals surface area contributed by atoms with Crippen LogP contribution in [0.25, 0.3) is 0 Å². The first-order chi connectivity index (χ1) is 29.0. The Morgan fingerprint density at radius 1 is 0.717 bits per heavy atom. The molecular weight excluding hydrogens is 761 g/mol. The summed E-state index contributed by atoms with van der Waals surface area (Å²) >= 11 is 0. The molecule has 60 heavy (non-hydrogen) atoms. The third-order valence-corrected chi connectivity index (χ3v) is 9.64. The van der Waals surface area contributed by atoms with Crippen LogP contribution < -0.4 is 27.0 Å². The predicted octanol–water partition coefficient (Wildman–Crippen LogP) is 4.68. The summed E-state index contributed by atoms with van der Waals surface area (Å²) in [4.78, 5) is 75.6. The maximum absolute atomic E-state index is 12.1. The minimum Gasteiger partial charge on any atom is -0.351 e. The number of nitrogens with two attached hydrogens (primary N) is 1. The van der Waals surface area contributed by atoms with Gasteiger partial charge in [0.05, 0.1) is 18.8 Å². The molecule has 316 valence electrons. The van der Waals surface area contributed by atoms with Crippen LogP contribution in [-0.2, 0) is 27.2 Å². The summed E-state index contributed by atoms with van der Waals surface area (Å²) < 4.78 is 0. The van der Waals surface area contributed by atoms with Gasteiger partial charge < -0.3 is 27.0 Å². The molecule has 0 aliphatic carbocycles. The number of rotatable bonds is 15. The average molecular weight is 817 g/mol. The van der Waals surface area contributed by atoms with Crippen LogP contribution >= 0.6 is 0 Å². The number of nitrogens with zero attached hydrogens (tertiary/aromatic N) is 3. The lowest BCUT2D eigenvalue weighted by Gasteiger charge is -2.33. The van der Waals surface area contributed by atoms with E-state index in [4.69, 9.17) is 5.73 Å². The van der Waals surface area contributed by atoms with Crippen LogP contribution in [0.4, 0.5) is 16.2 Å². The quantitative estimate of drug-likeness (QED) is 0.0490. The number of nitrogens with one attached hydrogen (secondary N) is 4. The zero-order valence-corrected chi connectivity index (χ0v) is 34.4. The largest absolute Gasteiger partial charge is 0.351 e. The van der Waals surface area contributed by atoms with Gasteiger partial charge in [0, 0.05) is 55.1 Å². The first kappa shape index (κ1) is 46.4. The normalized spacial score (nSPS) is 16.2. The van der Waals surface area contributed by atoms with Crippen LogP contribution in [0.1, 0.15) is 58.5 Å². The molecule has 14 heteroatoms. The minimum absolute atomic E-state index is 0.0400. The third-order valence-electron chi connectivity index (χ3n) is 9.64. The molecule has 6 N–H and O–H groups in total. The first-order valence-electron chi connectivity index (χ1n) is 20.2. The van der Waals surface area contributed by atoms with Gasteiger partial charge in [0.1, 0.15) is 0 Å². The van der Waals surface area contributed by atoms with Crippen LogP contribution in [0.15, 0.2) is 114 Å². The number of hydrogen-bond donors (Lipinski definition) is 5. The van der Waals surface area contributed by atoms with E-state index in [-0.39, 0.29) is 41.5 Å². The van der Waals surface area contributed by atoms with E-state index < -0.39 is 0 Å². The van der Waals surface area contributed by atoms with Crippen LogP contribution in [0.3, 0.4) is 0 Å². The van der Waals surface area contributed by atoms with Gasteiger partial charge in [0.2, 0.25) is 17.9 Å². The van der Waals surface area contributed by atoms with Gasteiger partial charge in [-0.1, -0.05) is 84.9 Å². The molecule has 2 aliphatic rings. The van der Waals surface area contributed by atoms with Crippen molar-refractivity contribution in [2.24, 2.45) is 10.7 Å². The Hall–Kier alpha value is -6.31. The monoisotopic (exact) mass is 816 g/mol. The van der Waals surface area contributed by atoms with Gasteiger partial charge >= 0.3 is 6.03 Å². The summed E-state index contributed by atoms with van der Waals surface area (Å²) in [5, 5.41) is 11.7. The summed E-state index contributed by atoms with van der Waals surface area (Å²) in [5.74, 6) is 0.0746. The van der Waals surface area contributed by atoms with Crippen molar-refractivity contribution in [3.63, 3.8) is 0 Å². The molecule has 0 spiro atoms. The second-order valence-corrected chi connectivity index (χ2v) is 14.7. The summed E-state index contributed by atoms with van der Waals surface area (Å²) in [7, 11) is 0. The van der Waals surface area contributed by atoms with Gasteiger partial charge in [-0.3, -0.25) is 29.0 Å². The molecule has 6 rings (SSSR count). The highest BCUT2D eigenvalue weighted by Gasteiger charge is 2.25. The van der Waals surface area contributed by atoms with E-state index in [0.29, 0.717) is 48.7 Å². The van der Waals surface area contributed by atoms with Crippen LogP contribution in [-0.4, -0.2) is 110 Å². The Kier molecular flexibility index (Phi) is 19.5. The highest BCUT2D eigenvalue weighted by atomic mass is 16.2. The van der Waals surface area contributed by atoms with Crippen molar-refractivity contribution in [2.45, 2.75) is 51.6 Å². The van der Waals surface area contributed by atoms with E-state index in [1.165, 1.54) is 31.1 Å². The zero-order valence-electron chi connectivity index (χ0n) is 34.4. The molecule has 0 aromatic heterocycles. The molecule has 0 bridgehead atoms. The number of Topliss-reactive ketones (excluding diaryl/α,β-unsaturated/α-hetero) is 2. The van der Waals surface area contributed by atoms with Crippen molar-refractivity contribution in [1.82, 2.24) is 25.8 Å². The Morgan fingerprint density at radius 3 is 1.75 bits per heavy atom. The van der Waals surface area contributed by atoms with Gasteiger partial charge in [0.15, 0.2) is 11.6 Å². The zero-order chi connectivity index (χ0) is 43.1. The minimum atomic E-state index is -0.311. The number of carbonyl (C=O) groups is 5. The first-order valence-corrected chi connectivity index (χ1v) is 20.2. The molecule has 2 fully saturated rings. The highest BCUT2D eigenvalue weighted by Crippen LogP contribution is 2.14. The summed E-state index contributed by atoms with van der Waals surface area (Å²) in [5.41, 5.74) is 10.1. The van der Waals surface area contributed by atoms with Crippen molar-refractivity contribution in [2.75, 3.05) is 57.7 Å². The molecular formula is C46H56N8O6. The van der Waals surface area contributed by atoms with Gasteiger partial charge in [0.25, 0.3) is 0 Å². The molecule has 0 saturated carbocycles. The van der Waals surface area contributed by atoms with Crippen molar-refractivity contribution < 1.29 is 28.8 Å². The summed E-state index contributed by atoms with van der Waals surface area (Å²) in [6.45, 7) is 8.38. The van der Waals surface area contributed by atoms with Crippen LogP contribution in [0, 0.1) is 0 Å². The molecule has 0 radical (unpaired) electrons. The fourth-order valence-corrected chi connectivity index (χ4v) is 6.82. The van der Waals surface area contributed by atoms with E-state index in [9.17, 15) is 28.8 Å². The van der Waals surface area contributed by atoms with E-state index in [1.54, 1.807) is 48.5 Å². The summed E-state index contributed by atoms with van der Waals surface area (Å²) in [6.07, 6.45) is 4.81. The lowest BCUT2D eigenvalue weighted by Crippen LogP contribution is -2.55. The molecule has 2 heterocycles. The number of anilines is 1. The smallest absolute Gasteiger partial charge is 0.319 e. The number of urea groups is 1. The third kappa shape index (κ3) is 17.3. The Balaban J connectivity index is 0.000000223. The maximum Gasteiger partial charge on any atom is 0.319 e. The van der Waals surface area contributed by atoms with Crippen molar-refractivity contribution in [3.05, 3.63) is 131 Å². The van der Waals surface area contributed by atoms with Crippen molar-refractivity contribution in [1.29, 1.82) is 0 Å². The molecule has 4 aromatic carbocycles. The second-order valence-electron chi connectivity index (χ2n) is 14.7. The Morgan fingerprint density at radius 2 is 1.23 bits per heavy atom. The lowest BCUT2D eigenvalue weighted by atomic mass is 10.0. The Bertz CT molecular complexity index is 2040. The van der Waals surface area contributed by atoms with Gasteiger partial charge in [-0.25, -0.2) is 9.59 Å². The maximum atomic E-state index is 12.1. The number of benzene rings is 4. The second kappa shape index (κ2) is 25.2. The van der Waals surface area contributed by atoms with Crippen molar-refractivity contribution >= 4 is 46.9 Å². The van der Waals surface area contributed by atoms with Crippen molar-refractivity contribution in [3.8, 4) is 0 Å². The molecule has 14 nitrogen and oxygen atoms in total. The topological polar surface area (TPSA) is 195 Å². The molecule has 4 amide bonds. The van der Waals surface area contributed by atoms with Gasteiger partial charge in [-0.15, -0.1) is 0 Å². The predicted molar refractivity (Wildman–Crippen MR) is 233 cm³/mol. The van der Waals surface area contributed by atoms with E-state index in [1.807, 2.05) is 36.4 Å². The Labute approximate surface area is 352 Å². The summed E-state index contributed by atoms with van der Waals surface area (Å²) in [6, 6.07) is 33.8. The number of carbonyl (C=O) groups excluding carboxylic acids is 6.